The fraction of sp³-hybridized carbons (Fsp3) is 0.500. The average Bonchev–Trinajstić information content (AvgIpc) is 3.09. The van der Waals surface area contributed by atoms with E-state index in [0.29, 0.717) is 0 Å². The number of hydrogen-bond acceptors (Lipinski definition) is 14. The number of rotatable bonds is 14. The molecule has 0 aliphatic heterocycles. The lowest BCUT2D eigenvalue weighted by Gasteiger charge is -2.62. The first kappa shape index (κ1) is 40.3. The Hall–Kier alpha value is -4.84. The molecule has 5 rings (SSSR count). The number of benzene rings is 2. The van der Waals surface area contributed by atoms with Crippen molar-refractivity contribution in [2.75, 3.05) is 26.4 Å². The monoisotopic (exact) mass is 788 g/mol. The third kappa shape index (κ3) is 7.58. The predicted octanol–water partition coefficient (Wildman–Crippen LogP) is 2.50. The highest BCUT2D eigenvalue weighted by atomic mass is 32.2. The molecule has 0 unspecified atom stereocenters. The molecule has 0 saturated heterocycles. The van der Waals surface area contributed by atoms with Gasteiger partial charge in [-0.15, -0.1) is 0 Å². The van der Waals surface area contributed by atoms with E-state index in [2.05, 4.69) is 19.9 Å². The van der Waals surface area contributed by atoms with E-state index < -0.39 is 91.3 Å². The molecule has 0 aromatic heterocycles. The van der Waals surface area contributed by atoms with Crippen LogP contribution < -0.4 is 9.66 Å². The first-order chi connectivity index (χ1) is 25.6. The summed E-state index contributed by atoms with van der Waals surface area (Å²) < 4.78 is 75.6. The second kappa shape index (κ2) is 16.3. The van der Waals surface area contributed by atoms with Gasteiger partial charge in [-0.25, -0.2) is 9.66 Å². The Morgan fingerprint density at radius 1 is 0.500 bits per heavy atom. The predicted molar refractivity (Wildman–Crippen MR) is 192 cm³/mol. The second-order valence-corrected chi connectivity index (χ2v) is 16.4. The SMILES string of the molecule is CCOC(=O)[C@@H]1[C@H](C(=O)OCC)[C@@H]2C(=NNS(=O)(=O)c3ccc(C)cc3)[C@H]3[C@H](C(=O)OCC)[C@H](C(=O)OCC)[C@@H]3C(=NNS(=O)(=O)c3ccc(C)cc3)[C@H]12. The van der Waals surface area contributed by atoms with Crippen LogP contribution in [0.2, 0.25) is 0 Å². The lowest BCUT2D eigenvalue weighted by Crippen LogP contribution is -2.74. The number of hydrogen-bond donors (Lipinski definition) is 2. The summed E-state index contributed by atoms with van der Waals surface area (Å²) in [4.78, 5) is 58.9. The molecule has 0 heterocycles. The van der Waals surface area contributed by atoms with Crippen molar-refractivity contribution in [1.82, 2.24) is 9.66 Å². The molecule has 54 heavy (non-hydrogen) atoms. The van der Waals surface area contributed by atoms with Crippen LogP contribution in [-0.2, 0) is 58.2 Å². The normalized spacial score (nSPS) is 27.3. The highest BCUT2D eigenvalue weighted by Gasteiger charge is 2.74. The van der Waals surface area contributed by atoms with Crippen molar-refractivity contribution in [2.45, 2.75) is 51.3 Å². The summed E-state index contributed by atoms with van der Waals surface area (Å²) in [7, 11) is -8.67. The van der Waals surface area contributed by atoms with E-state index in [0.717, 1.165) is 11.1 Å². The maximum atomic E-state index is 13.7. The van der Waals surface area contributed by atoms with Gasteiger partial charge in [-0.1, -0.05) is 35.4 Å². The molecular formula is C36H44N4O12S2. The largest absolute Gasteiger partial charge is 0.466 e. The van der Waals surface area contributed by atoms with Crippen molar-refractivity contribution in [3.8, 4) is 0 Å². The van der Waals surface area contributed by atoms with E-state index in [9.17, 15) is 36.0 Å². The van der Waals surface area contributed by atoms with Crippen molar-refractivity contribution < 1.29 is 55.0 Å². The number of carbonyl (C=O) groups excluding carboxylic acids is 4. The van der Waals surface area contributed by atoms with Crippen LogP contribution in [0.4, 0.5) is 0 Å². The number of ether oxygens (including phenoxy) is 4. The smallest absolute Gasteiger partial charge is 0.310 e. The van der Waals surface area contributed by atoms with Gasteiger partial charge in [0.2, 0.25) is 0 Å². The Balaban J connectivity index is 1.74. The van der Waals surface area contributed by atoms with Gasteiger partial charge in [-0.05, 0) is 65.8 Å². The Morgan fingerprint density at radius 3 is 0.963 bits per heavy atom. The number of fused-ring (bicyclic) bond motifs is 2. The molecule has 18 heteroatoms. The molecule has 2 aromatic rings. The highest BCUT2D eigenvalue weighted by Crippen LogP contribution is 2.63. The second-order valence-electron chi connectivity index (χ2n) is 13.1. The number of esters is 4. The van der Waals surface area contributed by atoms with Crippen LogP contribution in [0, 0.1) is 61.2 Å². The lowest BCUT2D eigenvalue weighted by molar-refractivity contribution is -0.180. The molecule has 292 valence electrons. The Kier molecular flexibility index (Phi) is 12.1. The molecule has 3 fully saturated rings. The van der Waals surface area contributed by atoms with Crippen LogP contribution in [-0.4, -0.2) is 78.6 Å². The minimum absolute atomic E-state index is 0.0433. The first-order valence-corrected chi connectivity index (χ1v) is 20.6. The zero-order valence-corrected chi connectivity index (χ0v) is 32.3. The number of sulfonamides is 2. The summed E-state index contributed by atoms with van der Waals surface area (Å²) in [5.74, 6) is -13.3. The van der Waals surface area contributed by atoms with E-state index in [-0.39, 0.29) is 47.6 Å². The third-order valence-corrected chi connectivity index (χ3v) is 12.4. The van der Waals surface area contributed by atoms with E-state index >= 15 is 0 Å². The molecule has 3 aliphatic rings. The van der Waals surface area contributed by atoms with Gasteiger partial charge >= 0.3 is 23.9 Å². The molecule has 16 nitrogen and oxygen atoms in total. The van der Waals surface area contributed by atoms with Gasteiger partial charge < -0.3 is 18.9 Å². The topological polar surface area (TPSA) is 222 Å². The molecule has 0 spiro atoms. The summed E-state index contributed by atoms with van der Waals surface area (Å²) in [6.07, 6.45) is 0. The fourth-order valence-corrected chi connectivity index (χ4v) is 9.25. The molecule has 3 aliphatic carbocycles. The van der Waals surface area contributed by atoms with Crippen LogP contribution in [0.3, 0.4) is 0 Å². The minimum atomic E-state index is -4.33. The summed E-state index contributed by atoms with van der Waals surface area (Å²) in [5, 5.41) is 8.70. The number of nitrogens with zero attached hydrogens (tertiary/aromatic N) is 2. The fourth-order valence-electron chi connectivity index (χ4n) is 7.60. The number of aryl methyl sites for hydroxylation is 2. The van der Waals surface area contributed by atoms with Crippen molar-refractivity contribution in [1.29, 1.82) is 0 Å². The minimum Gasteiger partial charge on any atom is -0.466 e. The summed E-state index contributed by atoms with van der Waals surface area (Å²) in [6, 6.07) is 11.9. The van der Waals surface area contributed by atoms with Gasteiger partial charge in [0, 0.05) is 35.1 Å². The highest BCUT2D eigenvalue weighted by molar-refractivity contribution is 7.89. The molecular weight excluding hydrogens is 745 g/mol. The van der Waals surface area contributed by atoms with Gasteiger partial charge in [-0.2, -0.15) is 27.0 Å². The van der Waals surface area contributed by atoms with Crippen LogP contribution in [0.5, 0.6) is 0 Å². The van der Waals surface area contributed by atoms with Crippen molar-refractivity contribution >= 4 is 55.3 Å². The quantitative estimate of drug-likeness (QED) is 0.160. The molecule has 8 atom stereocenters. The van der Waals surface area contributed by atoms with Gasteiger partial charge in [-0.3, -0.25) is 19.2 Å². The van der Waals surface area contributed by atoms with Crippen LogP contribution in [0.15, 0.2) is 68.5 Å². The maximum Gasteiger partial charge on any atom is 0.310 e. The Labute approximate surface area is 314 Å². The summed E-state index contributed by atoms with van der Waals surface area (Å²) in [6.45, 7) is 9.52. The lowest BCUT2D eigenvalue weighted by atomic mass is 9.39. The zero-order valence-electron chi connectivity index (χ0n) is 30.7. The Morgan fingerprint density at radius 2 is 0.741 bits per heavy atom. The van der Waals surface area contributed by atoms with E-state index in [1.807, 2.05) is 0 Å². The van der Waals surface area contributed by atoms with E-state index in [4.69, 9.17) is 18.9 Å². The van der Waals surface area contributed by atoms with Crippen LogP contribution >= 0.6 is 0 Å². The number of nitrogens with one attached hydrogen (secondary N) is 2. The van der Waals surface area contributed by atoms with Crippen molar-refractivity contribution in [2.24, 2.45) is 57.5 Å². The van der Waals surface area contributed by atoms with Crippen molar-refractivity contribution in [3.63, 3.8) is 0 Å². The van der Waals surface area contributed by atoms with Crippen LogP contribution in [0.25, 0.3) is 0 Å². The third-order valence-electron chi connectivity index (χ3n) is 9.95. The maximum absolute atomic E-state index is 13.7. The summed E-state index contributed by atoms with van der Waals surface area (Å²) in [5.41, 5.74) is 1.52. The van der Waals surface area contributed by atoms with Crippen molar-refractivity contribution in [3.05, 3.63) is 59.7 Å². The number of carbonyl (C=O) groups is 4. The molecule has 3 saturated carbocycles. The molecule has 0 amide bonds. The van der Waals surface area contributed by atoms with E-state index in [1.165, 1.54) is 24.3 Å². The first-order valence-electron chi connectivity index (χ1n) is 17.6. The standard InChI is InChI=1S/C36H44N4O12S2/c1-7-49-33(41)27-23-24(28(27)34(42)50-8-2)32(38-40-54(47,48)22-17-13-20(6)14-18-22)26-25(29(35(43)51-9-3)30(26)36(44)52-10-4)31(23)37-39-53(45,46)21-15-11-19(5)12-16-21/h11-18,23-30,39-40H,7-10H2,1-6H3/t23-,24-,25-,26+,27+,28-,29-,30+/m1/s1. The Bertz CT molecular complexity index is 1840. The zero-order chi connectivity index (χ0) is 39.5. The molecule has 2 N–H and O–H groups in total. The average molecular weight is 789 g/mol. The van der Waals surface area contributed by atoms with Gasteiger partial charge in [0.15, 0.2) is 0 Å². The molecule has 2 aromatic carbocycles. The van der Waals surface area contributed by atoms with E-state index in [1.54, 1.807) is 65.8 Å². The van der Waals surface area contributed by atoms with Crippen LogP contribution in [0.1, 0.15) is 38.8 Å². The summed E-state index contributed by atoms with van der Waals surface area (Å²) >= 11 is 0. The molecule has 0 bridgehead atoms. The number of hydrazone groups is 2. The van der Waals surface area contributed by atoms with Gasteiger partial charge in [0.05, 0.1) is 59.9 Å². The molecule has 0 radical (unpaired) electrons. The van der Waals surface area contributed by atoms with Gasteiger partial charge in [0.25, 0.3) is 20.0 Å². The van der Waals surface area contributed by atoms with Gasteiger partial charge in [0.1, 0.15) is 0 Å².